The first-order valence-electron chi connectivity index (χ1n) is 7.73. The van der Waals surface area contributed by atoms with Crippen molar-refractivity contribution >= 4 is 17.0 Å². The second-order valence-corrected chi connectivity index (χ2v) is 6.21. The Morgan fingerprint density at radius 3 is 2.57 bits per heavy atom. The van der Waals surface area contributed by atoms with Gasteiger partial charge in [-0.1, -0.05) is 39.3 Å². The maximum atomic E-state index is 14.3. The van der Waals surface area contributed by atoms with E-state index < -0.39 is 5.41 Å². The molecule has 1 aromatic rings. The Kier molecular flexibility index (Phi) is 4.50. The number of unbranched alkanes of at least 4 members (excludes halogenated alkanes) is 1. The minimum Gasteiger partial charge on any atom is -0.398 e. The molecule has 0 saturated heterocycles. The quantitative estimate of drug-likeness (QED) is 0.778. The van der Waals surface area contributed by atoms with Crippen LogP contribution in [0.4, 0.5) is 10.1 Å². The average Bonchev–Trinajstić information content (AvgIpc) is 3.22. The summed E-state index contributed by atoms with van der Waals surface area (Å²) in [7, 11) is 0. The second-order valence-electron chi connectivity index (χ2n) is 6.21. The van der Waals surface area contributed by atoms with Crippen LogP contribution in [0.2, 0.25) is 0 Å². The highest BCUT2D eigenvalue weighted by Crippen LogP contribution is 2.58. The Labute approximate surface area is 126 Å². The lowest BCUT2D eigenvalue weighted by atomic mass is 9.80. The van der Waals surface area contributed by atoms with E-state index in [0.29, 0.717) is 11.3 Å². The topological polar surface area (TPSA) is 43.1 Å². The monoisotopic (exact) mass is 289 g/mol. The Morgan fingerprint density at radius 1 is 1.43 bits per heavy atom. The number of allylic oxidation sites excluding steroid dienone is 2. The van der Waals surface area contributed by atoms with Crippen molar-refractivity contribution in [3.8, 4) is 0 Å². The lowest BCUT2D eigenvalue weighted by Gasteiger charge is -2.22. The average molecular weight is 289 g/mol. The molecule has 2 N–H and O–H groups in total. The molecule has 0 spiro atoms. The first-order valence-corrected chi connectivity index (χ1v) is 7.73. The van der Waals surface area contributed by atoms with Crippen molar-refractivity contribution in [2.24, 2.45) is 11.3 Å². The van der Waals surface area contributed by atoms with Gasteiger partial charge in [-0.25, -0.2) is 4.39 Å². The number of hydrogen-bond donors (Lipinski definition) is 1. The van der Waals surface area contributed by atoms with Crippen LogP contribution in [-0.2, 0) is 4.79 Å². The number of nitrogen functional groups attached to an aromatic ring is 1. The molecule has 0 aliphatic heterocycles. The van der Waals surface area contributed by atoms with E-state index in [0.717, 1.165) is 31.3 Å². The van der Waals surface area contributed by atoms with Gasteiger partial charge in [0.2, 0.25) is 0 Å². The number of hydrogen-bond acceptors (Lipinski definition) is 2. The molecule has 1 aliphatic rings. The Bertz CT molecular complexity index is 550. The molecular formula is C18H24FNO. The zero-order valence-electron chi connectivity index (χ0n) is 13.1. The molecule has 0 amide bonds. The van der Waals surface area contributed by atoms with Gasteiger partial charge in [0, 0.05) is 17.2 Å². The molecule has 1 fully saturated rings. The molecule has 1 aliphatic carbocycles. The standard InChI is InChI=1S/C18H24FNO/c1-4-5-7-13(16-14(19)8-6-9-15(16)20)18(10-11-18)17(21)12(2)3/h6-9,12H,4-5,10-11,20H2,1-3H3/b13-7+. The van der Waals surface area contributed by atoms with Gasteiger partial charge in [0.1, 0.15) is 11.6 Å². The highest BCUT2D eigenvalue weighted by atomic mass is 19.1. The van der Waals surface area contributed by atoms with Crippen molar-refractivity contribution in [1.82, 2.24) is 0 Å². The summed E-state index contributed by atoms with van der Waals surface area (Å²) in [5.74, 6) is -0.182. The molecule has 1 saturated carbocycles. The Hall–Kier alpha value is -1.64. The summed E-state index contributed by atoms with van der Waals surface area (Å²) in [4.78, 5) is 12.6. The molecule has 0 unspecified atom stereocenters. The van der Waals surface area contributed by atoms with E-state index in [1.165, 1.54) is 6.07 Å². The first kappa shape index (κ1) is 15.7. The molecule has 2 nitrogen and oxygen atoms in total. The fourth-order valence-corrected chi connectivity index (χ4v) is 2.98. The second kappa shape index (κ2) is 6.00. The first-order chi connectivity index (χ1) is 9.94. The summed E-state index contributed by atoms with van der Waals surface area (Å²) in [5, 5.41) is 0. The zero-order valence-corrected chi connectivity index (χ0v) is 13.1. The van der Waals surface area contributed by atoms with Gasteiger partial charge in [0.25, 0.3) is 0 Å². The van der Waals surface area contributed by atoms with Crippen LogP contribution in [0.25, 0.3) is 5.57 Å². The van der Waals surface area contributed by atoms with Gasteiger partial charge < -0.3 is 5.73 Å². The molecule has 0 atom stereocenters. The van der Waals surface area contributed by atoms with Crippen LogP contribution in [0, 0.1) is 17.2 Å². The third kappa shape index (κ3) is 2.87. The summed E-state index contributed by atoms with van der Waals surface area (Å²) < 4.78 is 14.3. The van der Waals surface area contributed by atoms with Crippen molar-refractivity contribution in [3.63, 3.8) is 0 Å². The van der Waals surface area contributed by atoms with E-state index >= 15 is 0 Å². The molecule has 114 valence electrons. The maximum Gasteiger partial charge on any atom is 0.145 e. The summed E-state index contributed by atoms with van der Waals surface area (Å²) in [5.41, 5.74) is 7.14. The van der Waals surface area contributed by atoms with Crippen LogP contribution in [-0.4, -0.2) is 5.78 Å². The molecule has 0 heterocycles. The van der Waals surface area contributed by atoms with Crippen LogP contribution in [0.15, 0.2) is 24.3 Å². The highest BCUT2D eigenvalue weighted by molar-refractivity contribution is 6.02. The summed E-state index contributed by atoms with van der Waals surface area (Å²) in [6.45, 7) is 5.89. The van der Waals surface area contributed by atoms with Crippen molar-refractivity contribution in [2.75, 3.05) is 5.73 Å². The maximum absolute atomic E-state index is 14.3. The minimum absolute atomic E-state index is 0.0504. The van der Waals surface area contributed by atoms with Gasteiger partial charge in [-0.05, 0) is 37.0 Å². The van der Waals surface area contributed by atoms with E-state index in [1.54, 1.807) is 12.1 Å². The number of ketones is 1. The number of carbonyl (C=O) groups is 1. The van der Waals surface area contributed by atoms with Crippen LogP contribution in [0.5, 0.6) is 0 Å². The number of rotatable bonds is 6. The normalized spacial score (nSPS) is 17.1. The lowest BCUT2D eigenvalue weighted by molar-refractivity contribution is -0.125. The van der Waals surface area contributed by atoms with Gasteiger partial charge in [-0.3, -0.25) is 4.79 Å². The van der Waals surface area contributed by atoms with E-state index in [-0.39, 0.29) is 17.5 Å². The lowest BCUT2D eigenvalue weighted by Crippen LogP contribution is -2.23. The van der Waals surface area contributed by atoms with E-state index in [1.807, 2.05) is 19.9 Å². The van der Waals surface area contributed by atoms with Crippen LogP contribution in [0.1, 0.15) is 52.0 Å². The van der Waals surface area contributed by atoms with Crippen LogP contribution in [0.3, 0.4) is 0 Å². The molecule has 21 heavy (non-hydrogen) atoms. The molecule has 1 aromatic carbocycles. The smallest absolute Gasteiger partial charge is 0.145 e. The van der Waals surface area contributed by atoms with E-state index in [9.17, 15) is 9.18 Å². The fraction of sp³-hybridized carbons (Fsp3) is 0.500. The Balaban J connectivity index is 2.53. The molecule has 0 bridgehead atoms. The predicted octanol–water partition coefficient (Wildman–Crippen LogP) is 4.60. The fourth-order valence-electron chi connectivity index (χ4n) is 2.98. The largest absolute Gasteiger partial charge is 0.398 e. The van der Waals surface area contributed by atoms with Crippen LogP contribution >= 0.6 is 0 Å². The Morgan fingerprint density at radius 2 is 2.10 bits per heavy atom. The predicted molar refractivity (Wildman–Crippen MR) is 85.2 cm³/mol. The number of carbonyl (C=O) groups excluding carboxylic acids is 1. The molecule has 3 heteroatoms. The number of halogens is 1. The number of nitrogens with two attached hydrogens (primary N) is 1. The van der Waals surface area contributed by atoms with Gasteiger partial charge in [-0.15, -0.1) is 0 Å². The van der Waals surface area contributed by atoms with Crippen molar-refractivity contribution in [1.29, 1.82) is 0 Å². The summed E-state index contributed by atoms with van der Waals surface area (Å²) in [6.07, 6.45) is 5.41. The van der Waals surface area contributed by atoms with E-state index in [4.69, 9.17) is 5.73 Å². The molecule has 0 radical (unpaired) electrons. The van der Waals surface area contributed by atoms with Gasteiger partial charge in [-0.2, -0.15) is 0 Å². The number of benzene rings is 1. The van der Waals surface area contributed by atoms with Crippen LogP contribution < -0.4 is 5.73 Å². The van der Waals surface area contributed by atoms with Gasteiger partial charge in [0.05, 0.1) is 5.41 Å². The zero-order chi connectivity index (χ0) is 15.6. The molecule has 0 aromatic heterocycles. The summed E-state index contributed by atoms with van der Waals surface area (Å²) in [6, 6.07) is 4.73. The minimum atomic E-state index is -0.514. The van der Waals surface area contributed by atoms with Crippen molar-refractivity contribution in [3.05, 3.63) is 35.7 Å². The molecular weight excluding hydrogens is 265 g/mol. The van der Waals surface area contributed by atoms with Crippen molar-refractivity contribution < 1.29 is 9.18 Å². The van der Waals surface area contributed by atoms with Gasteiger partial charge in [0.15, 0.2) is 0 Å². The SMILES string of the molecule is CCC/C=C(\c1c(N)cccc1F)C1(C(=O)C(C)C)CC1. The summed E-state index contributed by atoms with van der Waals surface area (Å²) >= 11 is 0. The van der Waals surface area contributed by atoms with Crippen molar-refractivity contribution in [2.45, 2.75) is 46.5 Å². The third-order valence-electron chi connectivity index (χ3n) is 4.21. The molecule has 2 rings (SSSR count). The van der Waals surface area contributed by atoms with E-state index in [2.05, 4.69) is 6.92 Å². The number of Topliss-reactive ketones (excluding diaryl/α,β-unsaturated/α-hetero) is 1. The van der Waals surface area contributed by atoms with Gasteiger partial charge >= 0.3 is 0 Å². The number of anilines is 1. The third-order valence-corrected chi connectivity index (χ3v) is 4.21. The highest BCUT2D eigenvalue weighted by Gasteiger charge is 2.53.